The molecular weight excluding hydrogens is 1070 g/mol. The summed E-state index contributed by atoms with van der Waals surface area (Å²) in [4.78, 5) is 0.154. The van der Waals surface area contributed by atoms with Gasteiger partial charge in [0, 0.05) is 13.8 Å². The van der Waals surface area contributed by atoms with Gasteiger partial charge < -0.3 is 12.8 Å². The number of hydrogen-bond donors (Lipinski definition) is 0. The zero-order valence-corrected chi connectivity index (χ0v) is 37.1. The summed E-state index contributed by atoms with van der Waals surface area (Å²) in [6.07, 6.45) is 14.2. The SMILES string of the molecule is CC(C)([PH+](c1ccccc1)c1ccccc1)[PH+](c1ccccc1)c1ccccc1.[Au+].[Au+].[C-]#Cc1cccc2ccccc12.[C-]#Cc1cccc2ccccc12. The summed E-state index contributed by atoms with van der Waals surface area (Å²) in [5.74, 6) is 4.84. The summed E-state index contributed by atoms with van der Waals surface area (Å²) >= 11 is 0. The number of benzene rings is 8. The third-order valence-electron chi connectivity index (χ3n) is 9.35. The number of hydrogen-bond acceptors (Lipinski definition) is 0. The molecule has 0 heterocycles. The maximum atomic E-state index is 7.08. The molecule has 0 radical (unpaired) electrons. The summed E-state index contributed by atoms with van der Waals surface area (Å²) in [6.45, 7) is 5.02. The molecule has 55 heavy (non-hydrogen) atoms. The largest absolute Gasteiger partial charge is 1.00 e. The summed E-state index contributed by atoms with van der Waals surface area (Å²) in [5.41, 5.74) is 1.71. The van der Waals surface area contributed by atoms with Gasteiger partial charge in [-0.15, -0.1) is 23.3 Å². The Morgan fingerprint density at radius 1 is 0.345 bits per heavy atom. The smallest absolute Gasteiger partial charge is 0.366 e. The second-order valence-corrected chi connectivity index (χ2v) is 20.0. The van der Waals surface area contributed by atoms with E-state index in [9.17, 15) is 0 Å². The van der Waals surface area contributed by atoms with Gasteiger partial charge in [-0.2, -0.15) is 0 Å². The molecule has 0 saturated heterocycles. The second-order valence-electron chi connectivity index (χ2n) is 13.1. The van der Waals surface area contributed by atoms with Gasteiger partial charge in [0.25, 0.3) is 0 Å². The minimum absolute atomic E-state index is 0. The summed E-state index contributed by atoms with van der Waals surface area (Å²) in [5, 5.41) is 10.5. The molecule has 0 fully saturated rings. The van der Waals surface area contributed by atoms with Crippen molar-refractivity contribution in [1.29, 1.82) is 0 Å². The van der Waals surface area contributed by atoms with Gasteiger partial charge in [-0.1, -0.05) is 156 Å². The Kier molecular flexibility index (Phi) is 17.2. The van der Waals surface area contributed by atoms with Gasteiger partial charge >= 0.3 is 44.8 Å². The monoisotopic (exact) mass is 1110 g/mol. The van der Waals surface area contributed by atoms with Crippen LogP contribution in [0, 0.1) is 24.7 Å². The third kappa shape index (κ3) is 11.0. The van der Waals surface area contributed by atoms with Gasteiger partial charge in [-0.05, 0) is 59.3 Å². The molecule has 8 rings (SSSR count). The van der Waals surface area contributed by atoms with Crippen LogP contribution in [0.5, 0.6) is 0 Å². The number of rotatable bonds is 6. The quantitative estimate of drug-likeness (QED) is 0.0674. The van der Waals surface area contributed by atoms with Gasteiger partial charge in [-0.25, -0.2) is 0 Å². The van der Waals surface area contributed by atoms with Crippen molar-refractivity contribution in [3.05, 3.63) is 230 Å². The average Bonchev–Trinajstić information content (AvgIpc) is 3.22. The van der Waals surface area contributed by atoms with Crippen LogP contribution >= 0.6 is 15.8 Å². The van der Waals surface area contributed by atoms with E-state index in [0.29, 0.717) is 0 Å². The van der Waals surface area contributed by atoms with E-state index >= 15 is 0 Å². The predicted octanol–water partition coefficient (Wildman–Crippen LogP) is 11.0. The van der Waals surface area contributed by atoms with E-state index in [1.807, 2.05) is 84.9 Å². The molecule has 0 unspecified atom stereocenters. The fourth-order valence-corrected chi connectivity index (χ4v) is 15.4. The Morgan fingerprint density at radius 2 is 0.600 bits per heavy atom. The van der Waals surface area contributed by atoms with E-state index in [4.69, 9.17) is 12.8 Å². The Bertz CT molecular complexity index is 2190. The van der Waals surface area contributed by atoms with Crippen molar-refractivity contribution < 1.29 is 44.8 Å². The minimum Gasteiger partial charge on any atom is -0.366 e. The van der Waals surface area contributed by atoms with E-state index in [-0.39, 0.29) is 49.7 Å². The third-order valence-corrected chi connectivity index (χ3v) is 17.0. The van der Waals surface area contributed by atoms with Crippen molar-refractivity contribution in [1.82, 2.24) is 0 Å². The second kappa shape index (κ2) is 21.7. The van der Waals surface area contributed by atoms with Gasteiger partial charge in [-0.3, -0.25) is 11.8 Å². The van der Waals surface area contributed by atoms with Crippen LogP contribution < -0.4 is 21.2 Å². The molecule has 276 valence electrons. The van der Waals surface area contributed by atoms with Crippen LogP contribution in [0.3, 0.4) is 0 Å². The Balaban J connectivity index is 0.000000213. The topological polar surface area (TPSA) is 0 Å². The Morgan fingerprint density at radius 3 is 0.891 bits per heavy atom. The molecule has 0 N–H and O–H groups in total. The fraction of sp³-hybridized carbons (Fsp3) is 0.0588. The van der Waals surface area contributed by atoms with Crippen molar-refractivity contribution in [2.45, 2.75) is 18.7 Å². The van der Waals surface area contributed by atoms with E-state index in [0.717, 1.165) is 32.7 Å². The van der Waals surface area contributed by atoms with Crippen molar-refractivity contribution >= 4 is 58.6 Å². The number of fused-ring (bicyclic) bond motifs is 2. The molecular formula is C51H42Au2P2+2. The summed E-state index contributed by atoms with van der Waals surface area (Å²) < 4.78 is 0. The fourth-order valence-electron chi connectivity index (χ4n) is 6.99. The average molecular weight is 1110 g/mol. The standard InChI is InChI=1S/C27H26P2.2C12H7.2Au/c1-27(2,28(23-15-7-3-8-16-23)24-17-9-4-10-18-24)29(25-19-11-5-12-20-25)26-21-13-6-14-22-26;2*1-2-10-7-5-8-11-6-3-4-9-12(10)11;;/h3-22H,1-2H3;2*3-9H;;/q;2*-1;2*+1/p+2. The molecule has 8 aromatic carbocycles. The predicted molar refractivity (Wildman–Crippen MR) is 235 cm³/mol. The zero-order chi connectivity index (χ0) is 36.9. The van der Waals surface area contributed by atoms with Gasteiger partial charge in [0.05, 0.1) is 0 Å². The van der Waals surface area contributed by atoms with Crippen LogP contribution in [-0.4, -0.2) is 4.90 Å². The molecule has 8 aromatic rings. The molecule has 0 atom stereocenters. The van der Waals surface area contributed by atoms with Crippen LogP contribution in [0.4, 0.5) is 0 Å². The van der Waals surface area contributed by atoms with Crippen LogP contribution in [-0.2, 0) is 44.8 Å². The molecule has 0 bridgehead atoms. The van der Waals surface area contributed by atoms with Crippen LogP contribution in [0.2, 0.25) is 0 Å². The van der Waals surface area contributed by atoms with E-state index in [2.05, 4.69) is 147 Å². The van der Waals surface area contributed by atoms with Crippen molar-refractivity contribution in [3.8, 4) is 11.8 Å². The Hall–Kier alpha value is -4.26. The normalized spacial score (nSPS) is 10.4. The van der Waals surface area contributed by atoms with Gasteiger partial charge in [0.1, 0.15) is 37.1 Å². The molecule has 0 aliphatic carbocycles. The van der Waals surface area contributed by atoms with Gasteiger partial charge in [0.15, 0.2) is 4.90 Å². The zero-order valence-electron chi connectivity index (χ0n) is 30.7. The maximum Gasteiger partial charge on any atom is 1.00 e. The first kappa shape index (κ1) is 43.5. The van der Waals surface area contributed by atoms with Gasteiger partial charge in [0.2, 0.25) is 0 Å². The van der Waals surface area contributed by atoms with Crippen molar-refractivity contribution in [3.63, 3.8) is 0 Å². The summed E-state index contributed by atoms with van der Waals surface area (Å²) in [7, 11) is -2.05. The first-order chi connectivity index (χ1) is 26.0. The maximum absolute atomic E-state index is 7.08. The van der Waals surface area contributed by atoms with E-state index < -0.39 is 15.8 Å². The van der Waals surface area contributed by atoms with E-state index in [1.54, 1.807) is 0 Å². The van der Waals surface area contributed by atoms with Crippen molar-refractivity contribution in [2.75, 3.05) is 0 Å². The van der Waals surface area contributed by atoms with E-state index in [1.165, 1.54) is 21.2 Å². The molecule has 0 amide bonds. The molecule has 0 nitrogen and oxygen atoms in total. The molecule has 0 spiro atoms. The van der Waals surface area contributed by atoms with Crippen LogP contribution in [0.15, 0.2) is 206 Å². The van der Waals surface area contributed by atoms with Crippen LogP contribution in [0.25, 0.3) is 21.5 Å². The summed E-state index contributed by atoms with van der Waals surface area (Å²) in [6, 6.07) is 72.5. The van der Waals surface area contributed by atoms with Crippen molar-refractivity contribution in [2.24, 2.45) is 0 Å². The molecule has 0 saturated carbocycles. The molecule has 4 heteroatoms. The first-order valence-corrected chi connectivity index (χ1v) is 20.8. The molecule has 0 aliphatic rings. The van der Waals surface area contributed by atoms with Crippen LogP contribution in [0.1, 0.15) is 25.0 Å². The molecule has 0 aliphatic heterocycles. The molecule has 0 aromatic heterocycles. The Labute approximate surface area is 361 Å². The first-order valence-electron chi connectivity index (χ1n) is 17.8. The minimum atomic E-state index is -1.02.